The lowest BCUT2D eigenvalue weighted by molar-refractivity contribution is 0.986. The van der Waals surface area contributed by atoms with E-state index < -0.39 is 5.56 Å². The predicted octanol–water partition coefficient (Wildman–Crippen LogP) is 3.57. The summed E-state index contributed by atoms with van der Waals surface area (Å²) in [4.78, 5) is 11.3. The van der Waals surface area contributed by atoms with Gasteiger partial charge in [-0.1, -0.05) is 40.9 Å². The molecular formula is C12H9Cl3N4O. The van der Waals surface area contributed by atoms with Crippen LogP contribution in [-0.2, 0) is 0 Å². The third-order valence-corrected chi connectivity index (χ3v) is 3.38. The van der Waals surface area contributed by atoms with Gasteiger partial charge < -0.3 is 0 Å². The SMILES string of the molecule is C/C(=N/Nc1cn[nH]c(=O)c1Cl)c1ccc(Cl)cc1Cl. The topological polar surface area (TPSA) is 70.1 Å². The van der Waals surface area contributed by atoms with Crippen molar-refractivity contribution in [1.29, 1.82) is 0 Å². The fraction of sp³-hybridized carbons (Fsp3) is 0.0833. The first-order valence-electron chi connectivity index (χ1n) is 5.48. The number of aromatic amines is 1. The molecular weight excluding hydrogens is 323 g/mol. The van der Waals surface area contributed by atoms with E-state index in [2.05, 4.69) is 20.7 Å². The molecule has 2 aromatic rings. The number of halogens is 3. The van der Waals surface area contributed by atoms with Gasteiger partial charge in [0.05, 0.1) is 16.9 Å². The van der Waals surface area contributed by atoms with Crippen molar-refractivity contribution in [2.45, 2.75) is 6.92 Å². The molecule has 0 saturated carbocycles. The molecule has 0 aliphatic heterocycles. The number of hydrazone groups is 1. The molecule has 0 unspecified atom stereocenters. The van der Waals surface area contributed by atoms with Gasteiger partial charge in [-0.15, -0.1) is 0 Å². The molecule has 0 bridgehead atoms. The van der Waals surface area contributed by atoms with Crippen LogP contribution in [0.3, 0.4) is 0 Å². The first kappa shape index (κ1) is 14.8. The average Bonchev–Trinajstić information content (AvgIpc) is 2.40. The maximum Gasteiger partial charge on any atom is 0.285 e. The molecule has 1 heterocycles. The molecule has 2 N–H and O–H groups in total. The quantitative estimate of drug-likeness (QED) is 0.667. The van der Waals surface area contributed by atoms with E-state index in [9.17, 15) is 4.79 Å². The van der Waals surface area contributed by atoms with Gasteiger partial charge in [-0.2, -0.15) is 10.2 Å². The smallest absolute Gasteiger partial charge is 0.275 e. The third kappa shape index (κ3) is 3.30. The lowest BCUT2D eigenvalue weighted by Crippen LogP contribution is -2.10. The number of anilines is 1. The van der Waals surface area contributed by atoms with E-state index in [-0.39, 0.29) is 5.02 Å². The monoisotopic (exact) mass is 330 g/mol. The average molecular weight is 332 g/mol. The second kappa shape index (κ2) is 6.26. The Labute approximate surface area is 129 Å². The van der Waals surface area contributed by atoms with Crippen LogP contribution >= 0.6 is 34.8 Å². The molecule has 0 aliphatic rings. The maximum atomic E-state index is 11.3. The lowest BCUT2D eigenvalue weighted by atomic mass is 10.1. The highest BCUT2D eigenvalue weighted by Crippen LogP contribution is 2.22. The normalized spacial score (nSPS) is 11.5. The van der Waals surface area contributed by atoms with Crippen LogP contribution in [0.2, 0.25) is 15.1 Å². The van der Waals surface area contributed by atoms with Crippen molar-refractivity contribution in [3.05, 3.63) is 55.4 Å². The summed E-state index contributed by atoms with van der Waals surface area (Å²) in [6, 6.07) is 5.09. The predicted molar refractivity (Wildman–Crippen MR) is 82.2 cm³/mol. The van der Waals surface area contributed by atoms with Crippen molar-refractivity contribution >= 4 is 46.2 Å². The van der Waals surface area contributed by atoms with Gasteiger partial charge in [0.1, 0.15) is 10.7 Å². The van der Waals surface area contributed by atoms with Crippen molar-refractivity contribution < 1.29 is 0 Å². The Morgan fingerprint density at radius 2 is 2.10 bits per heavy atom. The first-order valence-corrected chi connectivity index (χ1v) is 6.61. The van der Waals surface area contributed by atoms with Gasteiger partial charge >= 0.3 is 0 Å². The molecule has 20 heavy (non-hydrogen) atoms. The summed E-state index contributed by atoms with van der Waals surface area (Å²) in [7, 11) is 0. The Morgan fingerprint density at radius 1 is 1.35 bits per heavy atom. The van der Waals surface area contributed by atoms with Crippen molar-refractivity contribution in [1.82, 2.24) is 10.2 Å². The van der Waals surface area contributed by atoms with Crippen molar-refractivity contribution in [3.8, 4) is 0 Å². The zero-order valence-corrected chi connectivity index (χ0v) is 12.5. The van der Waals surface area contributed by atoms with Gasteiger partial charge in [-0.25, -0.2) is 5.10 Å². The summed E-state index contributed by atoms with van der Waals surface area (Å²) in [5.41, 5.74) is 3.82. The number of rotatable bonds is 3. The highest BCUT2D eigenvalue weighted by molar-refractivity contribution is 6.37. The number of nitrogens with one attached hydrogen (secondary N) is 2. The molecule has 1 aromatic carbocycles. The number of H-pyrrole nitrogens is 1. The third-order valence-electron chi connectivity index (χ3n) is 2.46. The summed E-state index contributed by atoms with van der Waals surface area (Å²) in [5.74, 6) is 0. The summed E-state index contributed by atoms with van der Waals surface area (Å²) >= 11 is 17.7. The van der Waals surface area contributed by atoms with Crippen LogP contribution in [0.1, 0.15) is 12.5 Å². The standard InChI is InChI=1S/C12H9Cl3N4O/c1-6(8-3-2-7(13)4-9(8)14)17-18-10-5-16-19-12(20)11(10)15/h2-5H,1H3,(H2,18,19,20)/b17-6-. The van der Waals surface area contributed by atoms with Gasteiger partial charge in [0.2, 0.25) is 0 Å². The number of hydrogen-bond acceptors (Lipinski definition) is 4. The summed E-state index contributed by atoms with van der Waals surface area (Å²) in [5, 5.41) is 11.0. The second-order valence-electron chi connectivity index (χ2n) is 3.86. The minimum absolute atomic E-state index is 0.0150. The van der Waals surface area contributed by atoms with Crippen LogP contribution in [0, 0.1) is 0 Å². The van der Waals surface area contributed by atoms with Crippen molar-refractivity contribution in [2.75, 3.05) is 5.43 Å². The van der Waals surface area contributed by atoms with Gasteiger partial charge in [0.15, 0.2) is 0 Å². The van der Waals surface area contributed by atoms with Gasteiger partial charge in [-0.05, 0) is 19.1 Å². The molecule has 104 valence electrons. The minimum atomic E-state index is -0.492. The van der Waals surface area contributed by atoms with E-state index in [1.54, 1.807) is 25.1 Å². The number of benzene rings is 1. The molecule has 0 atom stereocenters. The Balaban J connectivity index is 2.27. The van der Waals surface area contributed by atoms with E-state index in [0.717, 1.165) is 5.56 Å². The highest BCUT2D eigenvalue weighted by Gasteiger charge is 2.06. The Hall–Kier alpha value is -1.56. The van der Waals surface area contributed by atoms with Crippen LogP contribution < -0.4 is 11.0 Å². The molecule has 0 fully saturated rings. The van der Waals surface area contributed by atoms with Crippen LogP contribution in [0.15, 0.2) is 34.3 Å². The molecule has 5 nitrogen and oxygen atoms in total. The molecule has 1 aromatic heterocycles. The van der Waals surface area contributed by atoms with Gasteiger partial charge in [0, 0.05) is 10.6 Å². The van der Waals surface area contributed by atoms with E-state index in [4.69, 9.17) is 34.8 Å². The zero-order valence-electron chi connectivity index (χ0n) is 10.2. The van der Waals surface area contributed by atoms with Crippen LogP contribution in [-0.4, -0.2) is 15.9 Å². The fourth-order valence-corrected chi connectivity index (χ4v) is 2.13. The van der Waals surface area contributed by atoms with Crippen LogP contribution in [0.4, 0.5) is 5.69 Å². The molecule has 0 amide bonds. The number of aromatic nitrogens is 2. The zero-order chi connectivity index (χ0) is 14.7. The number of hydrogen-bond donors (Lipinski definition) is 2. The molecule has 0 spiro atoms. The molecule has 0 aliphatic carbocycles. The first-order chi connectivity index (χ1) is 9.49. The maximum absolute atomic E-state index is 11.3. The molecule has 8 heteroatoms. The van der Waals surface area contributed by atoms with Gasteiger partial charge in [-0.3, -0.25) is 10.2 Å². The van der Waals surface area contributed by atoms with E-state index in [0.29, 0.717) is 21.4 Å². The molecule has 2 rings (SSSR count). The summed E-state index contributed by atoms with van der Waals surface area (Å²) in [6.45, 7) is 1.76. The minimum Gasteiger partial charge on any atom is -0.275 e. The van der Waals surface area contributed by atoms with Gasteiger partial charge in [0.25, 0.3) is 5.56 Å². The number of nitrogens with zero attached hydrogens (tertiary/aromatic N) is 2. The summed E-state index contributed by atoms with van der Waals surface area (Å²) < 4.78 is 0. The van der Waals surface area contributed by atoms with Crippen molar-refractivity contribution in [3.63, 3.8) is 0 Å². The Bertz CT molecular complexity index is 727. The largest absolute Gasteiger partial charge is 0.285 e. The lowest BCUT2D eigenvalue weighted by Gasteiger charge is -2.06. The van der Waals surface area contributed by atoms with Crippen molar-refractivity contribution in [2.24, 2.45) is 5.10 Å². The Morgan fingerprint density at radius 3 is 2.80 bits per heavy atom. The fourth-order valence-electron chi connectivity index (χ4n) is 1.45. The molecule has 0 radical (unpaired) electrons. The second-order valence-corrected chi connectivity index (χ2v) is 5.08. The van der Waals surface area contributed by atoms with Crippen LogP contribution in [0.5, 0.6) is 0 Å². The van der Waals surface area contributed by atoms with Crippen LogP contribution in [0.25, 0.3) is 0 Å². The Kier molecular flexibility index (Phi) is 4.65. The van der Waals surface area contributed by atoms with E-state index >= 15 is 0 Å². The summed E-state index contributed by atoms with van der Waals surface area (Å²) in [6.07, 6.45) is 1.37. The highest BCUT2D eigenvalue weighted by atomic mass is 35.5. The molecule has 0 saturated heterocycles. The van der Waals surface area contributed by atoms with E-state index in [1.165, 1.54) is 6.20 Å². The van der Waals surface area contributed by atoms with E-state index in [1.807, 2.05) is 0 Å².